The van der Waals surface area contributed by atoms with E-state index in [1.807, 2.05) is 24.3 Å². The number of ether oxygens (including phenoxy) is 1. The molecule has 1 aromatic carbocycles. The van der Waals surface area contributed by atoms with Crippen LogP contribution in [0.15, 0.2) is 24.3 Å². The van der Waals surface area contributed by atoms with Gasteiger partial charge in [0.2, 0.25) is 11.8 Å². The molecule has 1 atom stereocenters. The van der Waals surface area contributed by atoms with Gasteiger partial charge in [0.15, 0.2) is 0 Å². The van der Waals surface area contributed by atoms with Crippen molar-refractivity contribution in [2.24, 2.45) is 5.92 Å². The summed E-state index contributed by atoms with van der Waals surface area (Å²) in [5.41, 5.74) is 2.00. The quantitative estimate of drug-likeness (QED) is 0.686. The minimum Gasteiger partial charge on any atom is -0.480 e. The number of amides is 2. The average molecular weight is 334 g/mol. The van der Waals surface area contributed by atoms with Gasteiger partial charge in [-0.2, -0.15) is 0 Å². The molecule has 0 aromatic heterocycles. The van der Waals surface area contributed by atoms with Crippen molar-refractivity contribution in [3.05, 3.63) is 29.8 Å². The number of hydrogen-bond donors (Lipinski definition) is 2. The number of carbonyl (C=O) groups excluding carboxylic acids is 2. The van der Waals surface area contributed by atoms with Crippen LogP contribution in [0.4, 0.5) is 5.69 Å². The van der Waals surface area contributed by atoms with Crippen LogP contribution in [-0.4, -0.2) is 49.2 Å². The Morgan fingerprint density at radius 3 is 2.67 bits per heavy atom. The third-order valence-corrected chi connectivity index (χ3v) is 3.92. The van der Waals surface area contributed by atoms with Crippen molar-refractivity contribution < 1.29 is 24.2 Å². The van der Waals surface area contributed by atoms with Crippen molar-refractivity contribution in [3.8, 4) is 0 Å². The molecule has 1 aliphatic rings. The first-order valence-corrected chi connectivity index (χ1v) is 7.97. The molecule has 1 fully saturated rings. The summed E-state index contributed by atoms with van der Waals surface area (Å²) in [5, 5.41) is 11.1. The van der Waals surface area contributed by atoms with Crippen molar-refractivity contribution in [1.29, 1.82) is 0 Å². The fourth-order valence-corrected chi connectivity index (χ4v) is 2.59. The molecule has 130 valence electrons. The van der Waals surface area contributed by atoms with Gasteiger partial charge in [-0.3, -0.25) is 9.59 Å². The Balaban J connectivity index is 1.82. The van der Waals surface area contributed by atoms with E-state index in [1.54, 1.807) is 4.90 Å². The summed E-state index contributed by atoms with van der Waals surface area (Å²) in [6.45, 7) is 2.38. The van der Waals surface area contributed by atoms with Crippen LogP contribution in [0.2, 0.25) is 0 Å². The Morgan fingerprint density at radius 2 is 2.04 bits per heavy atom. The molecule has 1 aliphatic heterocycles. The van der Waals surface area contributed by atoms with Crippen LogP contribution in [0.25, 0.3) is 0 Å². The number of aliphatic carboxylic acids is 1. The second kappa shape index (κ2) is 8.44. The van der Waals surface area contributed by atoms with Crippen LogP contribution in [0.1, 0.15) is 18.9 Å². The fraction of sp³-hybridized carbons (Fsp3) is 0.471. The highest BCUT2D eigenvalue weighted by Gasteiger charge is 2.34. The third kappa shape index (κ3) is 4.79. The lowest BCUT2D eigenvalue weighted by molar-refractivity contribution is -0.142. The Kier molecular flexibility index (Phi) is 6.31. The Morgan fingerprint density at radius 1 is 1.33 bits per heavy atom. The number of hydrogen-bond acceptors (Lipinski definition) is 4. The first-order chi connectivity index (χ1) is 11.5. The molecule has 1 heterocycles. The fourth-order valence-electron chi connectivity index (χ4n) is 2.59. The van der Waals surface area contributed by atoms with E-state index in [0.717, 1.165) is 12.1 Å². The van der Waals surface area contributed by atoms with Gasteiger partial charge in [-0.25, -0.2) is 4.79 Å². The minimum atomic E-state index is -1.05. The highest BCUT2D eigenvalue weighted by molar-refractivity contribution is 6.00. The molecule has 2 rings (SSSR count). The number of carboxylic acid groups (broad SMARTS) is 1. The van der Waals surface area contributed by atoms with Crippen LogP contribution in [0.5, 0.6) is 0 Å². The number of aryl methyl sites for hydroxylation is 1. The zero-order chi connectivity index (χ0) is 17.5. The Labute approximate surface area is 140 Å². The summed E-state index contributed by atoms with van der Waals surface area (Å²) < 4.78 is 4.85. The molecule has 0 saturated carbocycles. The molecule has 24 heavy (non-hydrogen) atoms. The Hall–Kier alpha value is -2.41. The predicted molar refractivity (Wildman–Crippen MR) is 87.7 cm³/mol. The zero-order valence-corrected chi connectivity index (χ0v) is 13.7. The predicted octanol–water partition coefficient (Wildman–Crippen LogP) is 0.819. The van der Waals surface area contributed by atoms with E-state index in [-0.39, 0.29) is 38.0 Å². The SMILES string of the molecule is CCc1ccc(N2CC(C(=O)NCCOCC(=O)O)CC2=O)cc1. The molecule has 0 aliphatic carbocycles. The van der Waals surface area contributed by atoms with Gasteiger partial charge in [0.1, 0.15) is 6.61 Å². The monoisotopic (exact) mass is 334 g/mol. The maximum atomic E-state index is 12.2. The number of anilines is 1. The molecule has 0 spiro atoms. The molecule has 0 radical (unpaired) electrons. The summed E-state index contributed by atoms with van der Waals surface area (Å²) in [5.74, 6) is -1.73. The number of benzene rings is 1. The lowest BCUT2D eigenvalue weighted by Crippen LogP contribution is -2.35. The van der Waals surface area contributed by atoms with E-state index in [0.29, 0.717) is 6.54 Å². The molecule has 7 nitrogen and oxygen atoms in total. The summed E-state index contributed by atoms with van der Waals surface area (Å²) in [7, 11) is 0. The molecule has 2 N–H and O–H groups in total. The Bertz CT molecular complexity index is 600. The second-order valence-corrected chi connectivity index (χ2v) is 5.66. The maximum Gasteiger partial charge on any atom is 0.329 e. The molecule has 1 unspecified atom stereocenters. The second-order valence-electron chi connectivity index (χ2n) is 5.66. The van der Waals surface area contributed by atoms with Crippen LogP contribution in [0, 0.1) is 5.92 Å². The molecule has 0 bridgehead atoms. The summed E-state index contributed by atoms with van der Waals surface area (Å²) in [6.07, 6.45) is 1.11. The average Bonchev–Trinajstić information content (AvgIpc) is 2.96. The van der Waals surface area contributed by atoms with Gasteiger partial charge in [-0.15, -0.1) is 0 Å². The van der Waals surface area contributed by atoms with Crippen LogP contribution >= 0.6 is 0 Å². The molecular formula is C17H22N2O5. The molecule has 7 heteroatoms. The third-order valence-electron chi connectivity index (χ3n) is 3.92. The van der Waals surface area contributed by atoms with Gasteiger partial charge in [-0.1, -0.05) is 19.1 Å². The van der Waals surface area contributed by atoms with E-state index < -0.39 is 11.9 Å². The summed E-state index contributed by atoms with van der Waals surface area (Å²) >= 11 is 0. The zero-order valence-electron chi connectivity index (χ0n) is 13.7. The number of nitrogens with one attached hydrogen (secondary N) is 1. The lowest BCUT2D eigenvalue weighted by Gasteiger charge is -2.17. The van der Waals surface area contributed by atoms with E-state index in [2.05, 4.69) is 12.2 Å². The number of nitrogens with zero attached hydrogens (tertiary/aromatic N) is 1. The topological polar surface area (TPSA) is 95.9 Å². The van der Waals surface area contributed by atoms with Crippen molar-refractivity contribution in [1.82, 2.24) is 5.32 Å². The number of carboxylic acids is 1. The lowest BCUT2D eigenvalue weighted by atomic mass is 10.1. The normalized spacial score (nSPS) is 17.1. The first-order valence-electron chi connectivity index (χ1n) is 7.97. The van der Waals surface area contributed by atoms with Crippen molar-refractivity contribution in [3.63, 3.8) is 0 Å². The molecule has 1 aromatic rings. The van der Waals surface area contributed by atoms with E-state index in [4.69, 9.17) is 9.84 Å². The first kappa shape index (κ1) is 17.9. The summed E-state index contributed by atoms with van der Waals surface area (Å²) in [4.78, 5) is 36.2. The van der Waals surface area contributed by atoms with Crippen molar-refractivity contribution in [2.45, 2.75) is 19.8 Å². The van der Waals surface area contributed by atoms with E-state index in [1.165, 1.54) is 5.56 Å². The van der Waals surface area contributed by atoms with Gasteiger partial charge in [0.05, 0.1) is 12.5 Å². The number of carbonyl (C=O) groups is 3. The van der Waals surface area contributed by atoms with Gasteiger partial charge >= 0.3 is 5.97 Å². The van der Waals surface area contributed by atoms with Crippen molar-refractivity contribution in [2.75, 3.05) is 31.2 Å². The van der Waals surface area contributed by atoms with Gasteiger partial charge in [0.25, 0.3) is 0 Å². The smallest absolute Gasteiger partial charge is 0.329 e. The number of rotatable bonds is 8. The van der Waals surface area contributed by atoms with Gasteiger partial charge in [0, 0.05) is 25.2 Å². The summed E-state index contributed by atoms with van der Waals surface area (Å²) in [6, 6.07) is 7.76. The molecule has 1 saturated heterocycles. The maximum absolute atomic E-state index is 12.2. The molecular weight excluding hydrogens is 312 g/mol. The largest absolute Gasteiger partial charge is 0.480 e. The highest BCUT2D eigenvalue weighted by Crippen LogP contribution is 2.25. The van der Waals surface area contributed by atoms with Crippen molar-refractivity contribution >= 4 is 23.5 Å². The highest BCUT2D eigenvalue weighted by atomic mass is 16.5. The van der Waals surface area contributed by atoms with E-state index >= 15 is 0 Å². The van der Waals surface area contributed by atoms with E-state index in [9.17, 15) is 14.4 Å². The van der Waals surface area contributed by atoms with Crippen LogP contribution in [-0.2, 0) is 25.5 Å². The minimum absolute atomic E-state index is 0.0680. The van der Waals surface area contributed by atoms with Crippen LogP contribution < -0.4 is 10.2 Å². The standard InChI is InChI=1S/C17H22N2O5/c1-2-12-3-5-14(6-4-12)19-10-13(9-15(19)20)17(23)18-7-8-24-11-16(21)22/h3-6,13H,2,7-11H2,1H3,(H,18,23)(H,21,22). The van der Waals surface area contributed by atoms with Gasteiger partial charge in [-0.05, 0) is 24.1 Å². The van der Waals surface area contributed by atoms with Gasteiger partial charge < -0.3 is 20.1 Å². The van der Waals surface area contributed by atoms with Crippen LogP contribution in [0.3, 0.4) is 0 Å². The molecule has 2 amide bonds.